The van der Waals surface area contributed by atoms with Gasteiger partial charge in [0.25, 0.3) is 6.43 Å². The Morgan fingerprint density at radius 2 is 2.00 bits per heavy atom. The van der Waals surface area contributed by atoms with Crippen molar-refractivity contribution >= 4 is 5.69 Å². The van der Waals surface area contributed by atoms with Gasteiger partial charge in [-0.15, -0.1) is 0 Å². The zero-order valence-corrected chi connectivity index (χ0v) is 8.22. The summed E-state index contributed by atoms with van der Waals surface area (Å²) in [5.41, 5.74) is 1.52. The summed E-state index contributed by atoms with van der Waals surface area (Å²) in [7, 11) is 0. The molecule has 0 saturated heterocycles. The van der Waals surface area contributed by atoms with Gasteiger partial charge in [0.15, 0.2) is 0 Å². The SMILES string of the molecule is N#CCc1nc(C(F)F)c(C(F)(F)F)cc1N. The van der Waals surface area contributed by atoms with Gasteiger partial charge in [0.2, 0.25) is 0 Å². The molecule has 8 heteroatoms. The zero-order valence-electron chi connectivity index (χ0n) is 8.22. The number of alkyl halides is 5. The van der Waals surface area contributed by atoms with E-state index in [1.54, 1.807) is 6.07 Å². The normalized spacial score (nSPS) is 11.6. The summed E-state index contributed by atoms with van der Waals surface area (Å²) >= 11 is 0. The van der Waals surface area contributed by atoms with Crippen LogP contribution >= 0.6 is 0 Å². The minimum Gasteiger partial charge on any atom is -0.397 e. The Morgan fingerprint density at radius 3 is 2.41 bits per heavy atom. The first-order valence-corrected chi connectivity index (χ1v) is 4.29. The molecule has 0 atom stereocenters. The summed E-state index contributed by atoms with van der Waals surface area (Å²) < 4.78 is 62.1. The third-order valence-electron chi connectivity index (χ3n) is 1.92. The lowest BCUT2D eigenvalue weighted by Crippen LogP contribution is -2.14. The van der Waals surface area contributed by atoms with Crippen molar-refractivity contribution in [3.8, 4) is 6.07 Å². The Hall–Kier alpha value is -1.91. The van der Waals surface area contributed by atoms with Gasteiger partial charge in [-0.1, -0.05) is 0 Å². The predicted molar refractivity (Wildman–Crippen MR) is 47.9 cm³/mol. The molecule has 17 heavy (non-hydrogen) atoms. The zero-order chi connectivity index (χ0) is 13.2. The van der Waals surface area contributed by atoms with Crippen LogP contribution in [-0.2, 0) is 12.6 Å². The molecule has 1 heterocycles. The van der Waals surface area contributed by atoms with E-state index in [4.69, 9.17) is 11.0 Å². The Labute approximate surface area is 92.7 Å². The summed E-state index contributed by atoms with van der Waals surface area (Å²) in [4.78, 5) is 3.11. The number of aromatic nitrogens is 1. The molecule has 0 aliphatic carbocycles. The highest BCUT2D eigenvalue weighted by molar-refractivity contribution is 5.49. The monoisotopic (exact) mass is 251 g/mol. The fourth-order valence-corrected chi connectivity index (χ4v) is 1.19. The van der Waals surface area contributed by atoms with E-state index in [1.807, 2.05) is 0 Å². The molecule has 1 aromatic rings. The molecule has 0 amide bonds. The van der Waals surface area contributed by atoms with Crippen LogP contribution in [0.5, 0.6) is 0 Å². The fourth-order valence-electron chi connectivity index (χ4n) is 1.19. The lowest BCUT2D eigenvalue weighted by Gasteiger charge is -2.14. The number of halogens is 5. The van der Waals surface area contributed by atoms with Gasteiger partial charge in [-0.05, 0) is 6.07 Å². The number of nitrogens with zero attached hydrogens (tertiary/aromatic N) is 2. The standard InChI is InChI=1S/C9H6F5N3/c10-8(11)7-4(9(12,13)14)3-5(16)6(17-7)1-2-15/h3,8H,1,16H2. The van der Waals surface area contributed by atoms with Crippen molar-refractivity contribution in [2.45, 2.75) is 19.0 Å². The number of nitrogen functional groups attached to an aromatic ring is 1. The average Bonchev–Trinajstić information content (AvgIpc) is 2.19. The first-order chi connectivity index (χ1) is 7.77. The van der Waals surface area contributed by atoms with E-state index in [9.17, 15) is 22.0 Å². The molecule has 1 aromatic heterocycles. The highest BCUT2D eigenvalue weighted by atomic mass is 19.4. The van der Waals surface area contributed by atoms with Gasteiger partial charge in [-0.25, -0.2) is 13.8 Å². The summed E-state index contributed by atoms with van der Waals surface area (Å²) in [5.74, 6) is 0. The van der Waals surface area contributed by atoms with Crippen LogP contribution in [0, 0.1) is 11.3 Å². The number of anilines is 1. The molecule has 92 valence electrons. The summed E-state index contributed by atoms with van der Waals surface area (Å²) in [6.45, 7) is 0. The Kier molecular flexibility index (Phi) is 3.50. The molecule has 2 N–H and O–H groups in total. The van der Waals surface area contributed by atoms with E-state index >= 15 is 0 Å². The van der Waals surface area contributed by atoms with Crippen molar-refractivity contribution in [3.05, 3.63) is 23.0 Å². The van der Waals surface area contributed by atoms with Gasteiger partial charge in [0.1, 0.15) is 5.69 Å². The van der Waals surface area contributed by atoms with Crippen LogP contribution in [0.25, 0.3) is 0 Å². The third-order valence-corrected chi connectivity index (χ3v) is 1.92. The van der Waals surface area contributed by atoms with Crippen LogP contribution in [0.3, 0.4) is 0 Å². The first kappa shape index (κ1) is 13.2. The van der Waals surface area contributed by atoms with E-state index in [0.29, 0.717) is 6.07 Å². The number of hydrogen-bond acceptors (Lipinski definition) is 3. The minimum absolute atomic E-state index is 0.282. The lowest BCUT2D eigenvalue weighted by atomic mass is 10.1. The Bertz CT molecular complexity index is 461. The second-order valence-corrected chi connectivity index (χ2v) is 3.09. The third kappa shape index (κ3) is 2.81. The molecule has 0 bridgehead atoms. The van der Waals surface area contributed by atoms with Crippen molar-refractivity contribution in [1.82, 2.24) is 4.98 Å². The second-order valence-electron chi connectivity index (χ2n) is 3.09. The Balaban J connectivity index is 3.42. The lowest BCUT2D eigenvalue weighted by molar-refractivity contribution is -0.139. The van der Waals surface area contributed by atoms with E-state index in [0.717, 1.165) is 0 Å². The van der Waals surface area contributed by atoms with Crippen molar-refractivity contribution in [3.63, 3.8) is 0 Å². The van der Waals surface area contributed by atoms with Gasteiger partial charge < -0.3 is 5.73 Å². The topological polar surface area (TPSA) is 62.7 Å². The summed E-state index contributed by atoms with van der Waals surface area (Å²) in [6, 6.07) is 1.96. The van der Waals surface area contributed by atoms with Crippen molar-refractivity contribution < 1.29 is 22.0 Å². The maximum Gasteiger partial charge on any atom is 0.418 e. The van der Waals surface area contributed by atoms with Gasteiger partial charge in [-0.2, -0.15) is 18.4 Å². The van der Waals surface area contributed by atoms with Crippen molar-refractivity contribution in [2.75, 3.05) is 5.73 Å². The number of nitriles is 1. The van der Waals surface area contributed by atoms with E-state index in [2.05, 4.69) is 4.98 Å². The maximum absolute atomic E-state index is 12.4. The molecule has 1 rings (SSSR count). The number of hydrogen-bond donors (Lipinski definition) is 1. The quantitative estimate of drug-likeness (QED) is 0.822. The van der Waals surface area contributed by atoms with Gasteiger partial charge in [0, 0.05) is 0 Å². The van der Waals surface area contributed by atoms with Crippen LogP contribution in [0.1, 0.15) is 23.4 Å². The Morgan fingerprint density at radius 1 is 1.41 bits per heavy atom. The van der Waals surface area contributed by atoms with Crippen LogP contribution in [0.15, 0.2) is 6.07 Å². The summed E-state index contributed by atoms with van der Waals surface area (Å²) in [5, 5.41) is 8.35. The predicted octanol–water partition coefficient (Wildman–Crippen LogP) is 2.69. The highest BCUT2D eigenvalue weighted by Crippen LogP contribution is 2.37. The molecular weight excluding hydrogens is 245 g/mol. The highest BCUT2D eigenvalue weighted by Gasteiger charge is 2.37. The maximum atomic E-state index is 12.4. The van der Waals surface area contributed by atoms with Crippen molar-refractivity contribution in [2.24, 2.45) is 0 Å². The summed E-state index contributed by atoms with van der Waals surface area (Å²) in [6.07, 6.45) is -8.77. The molecule has 0 aliphatic heterocycles. The van der Waals surface area contributed by atoms with Gasteiger partial charge in [-0.3, -0.25) is 0 Å². The van der Waals surface area contributed by atoms with E-state index in [-0.39, 0.29) is 5.69 Å². The molecule has 0 spiro atoms. The molecule has 0 radical (unpaired) electrons. The minimum atomic E-state index is -4.96. The van der Waals surface area contributed by atoms with Gasteiger partial charge in [0.05, 0.1) is 29.4 Å². The van der Waals surface area contributed by atoms with Crippen molar-refractivity contribution in [1.29, 1.82) is 5.26 Å². The molecule has 0 unspecified atom stereocenters. The molecule has 0 aromatic carbocycles. The molecule has 0 aliphatic rings. The first-order valence-electron chi connectivity index (χ1n) is 4.29. The van der Waals surface area contributed by atoms with Gasteiger partial charge >= 0.3 is 6.18 Å². The van der Waals surface area contributed by atoms with E-state index < -0.39 is 36.0 Å². The average molecular weight is 251 g/mol. The fraction of sp³-hybridized carbons (Fsp3) is 0.333. The van der Waals surface area contributed by atoms with E-state index in [1.165, 1.54) is 0 Å². The van der Waals surface area contributed by atoms with Crippen LogP contribution in [0.2, 0.25) is 0 Å². The van der Waals surface area contributed by atoms with Crippen LogP contribution in [0.4, 0.5) is 27.6 Å². The molecule has 3 nitrogen and oxygen atoms in total. The smallest absolute Gasteiger partial charge is 0.397 e. The van der Waals surface area contributed by atoms with Crippen LogP contribution < -0.4 is 5.73 Å². The van der Waals surface area contributed by atoms with Crippen LogP contribution in [-0.4, -0.2) is 4.98 Å². The number of rotatable bonds is 2. The number of pyridine rings is 1. The largest absolute Gasteiger partial charge is 0.418 e. The molecular formula is C9H6F5N3. The second kappa shape index (κ2) is 4.53. The molecule has 0 saturated carbocycles. The number of nitrogens with two attached hydrogens (primary N) is 1. The molecule has 0 fully saturated rings.